The lowest BCUT2D eigenvalue weighted by atomic mass is 10.0. The van der Waals surface area contributed by atoms with Crippen LogP contribution in [0.1, 0.15) is 35.7 Å². The van der Waals surface area contributed by atoms with Crippen LogP contribution in [0.25, 0.3) is 0 Å². The van der Waals surface area contributed by atoms with Crippen molar-refractivity contribution in [2.75, 3.05) is 20.3 Å². The largest absolute Gasteiger partial charge is 0.493 e. The average molecular weight is 330 g/mol. The summed E-state index contributed by atoms with van der Waals surface area (Å²) in [5, 5.41) is 9.25. The summed E-state index contributed by atoms with van der Waals surface area (Å²) in [5.41, 5.74) is 1.19. The molecule has 128 valence electrons. The van der Waals surface area contributed by atoms with Gasteiger partial charge in [-0.15, -0.1) is 0 Å². The maximum absolute atomic E-state index is 11.3. The maximum atomic E-state index is 11.3. The maximum Gasteiger partial charge on any atom is 0.339 e. The molecule has 0 fully saturated rings. The molecule has 0 amide bonds. The molecule has 5 heteroatoms. The molecule has 5 nitrogen and oxygen atoms in total. The molecule has 0 aromatic heterocycles. The first-order valence-corrected chi connectivity index (χ1v) is 7.79. The van der Waals surface area contributed by atoms with Crippen molar-refractivity contribution in [3.63, 3.8) is 0 Å². The van der Waals surface area contributed by atoms with Crippen LogP contribution >= 0.6 is 0 Å². The van der Waals surface area contributed by atoms with Gasteiger partial charge in [0.2, 0.25) is 0 Å². The Kier molecular flexibility index (Phi) is 6.07. The lowest BCUT2D eigenvalue weighted by Crippen LogP contribution is -2.13. The first-order chi connectivity index (χ1) is 11.5. The second kappa shape index (κ2) is 8.24. The number of ether oxygens (including phenoxy) is 3. The number of benzene rings is 2. The number of aromatic carboxylic acids is 1. The summed E-state index contributed by atoms with van der Waals surface area (Å²) in [6.07, 6.45) is 0. The van der Waals surface area contributed by atoms with E-state index >= 15 is 0 Å². The van der Waals surface area contributed by atoms with Gasteiger partial charge in [-0.05, 0) is 29.7 Å². The molecule has 24 heavy (non-hydrogen) atoms. The van der Waals surface area contributed by atoms with E-state index in [2.05, 4.69) is 13.8 Å². The molecule has 2 aromatic carbocycles. The fourth-order valence-corrected chi connectivity index (χ4v) is 2.38. The van der Waals surface area contributed by atoms with Gasteiger partial charge in [0.15, 0.2) is 11.5 Å². The molecule has 0 saturated carbocycles. The number of carboxylic acids is 1. The molecule has 2 aromatic rings. The number of rotatable bonds is 8. The third-order valence-electron chi connectivity index (χ3n) is 3.56. The Morgan fingerprint density at radius 3 is 2.33 bits per heavy atom. The van der Waals surface area contributed by atoms with Gasteiger partial charge in [-0.2, -0.15) is 0 Å². The van der Waals surface area contributed by atoms with Gasteiger partial charge in [0, 0.05) is 0 Å². The summed E-state index contributed by atoms with van der Waals surface area (Å²) in [7, 11) is 1.48. The lowest BCUT2D eigenvalue weighted by molar-refractivity contribution is 0.0690. The second-order valence-electron chi connectivity index (χ2n) is 5.53. The average Bonchev–Trinajstić information content (AvgIpc) is 2.58. The summed E-state index contributed by atoms with van der Waals surface area (Å²) in [4.78, 5) is 11.3. The summed E-state index contributed by atoms with van der Waals surface area (Å²) >= 11 is 0. The smallest absolute Gasteiger partial charge is 0.339 e. The third kappa shape index (κ3) is 4.19. The van der Waals surface area contributed by atoms with Gasteiger partial charge in [0.25, 0.3) is 0 Å². The van der Waals surface area contributed by atoms with Gasteiger partial charge in [0.05, 0.1) is 7.11 Å². The van der Waals surface area contributed by atoms with E-state index in [1.54, 1.807) is 12.1 Å². The van der Waals surface area contributed by atoms with E-state index in [9.17, 15) is 9.90 Å². The minimum Gasteiger partial charge on any atom is -0.493 e. The molecule has 0 bridgehead atoms. The molecule has 2 rings (SSSR count). The van der Waals surface area contributed by atoms with Crippen molar-refractivity contribution in [3.05, 3.63) is 53.6 Å². The Labute approximate surface area is 141 Å². The van der Waals surface area contributed by atoms with Crippen LogP contribution in [0.15, 0.2) is 42.5 Å². The zero-order valence-electron chi connectivity index (χ0n) is 14.1. The summed E-state index contributed by atoms with van der Waals surface area (Å²) < 4.78 is 16.6. The quantitative estimate of drug-likeness (QED) is 0.742. The predicted octanol–water partition coefficient (Wildman–Crippen LogP) is 3.97. The number of para-hydroxylation sites is 2. The molecule has 0 atom stereocenters. The van der Waals surface area contributed by atoms with Crippen LogP contribution < -0.4 is 14.2 Å². The van der Waals surface area contributed by atoms with E-state index in [1.165, 1.54) is 13.2 Å². The third-order valence-corrected chi connectivity index (χ3v) is 3.56. The first-order valence-electron chi connectivity index (χ1n) is 7.79. The van der Waals surface area contributed by atoms with Crippen LogP contribution in [0.4, 0.5) is 0 Å². The van der Waals surface area contributed by atoms with Crippen LogP contribution in [0.2, 0.25) is 0 Å². The van der Waals surface area contributed by atoms with Gasteiger partial charge >= 0.3 is 5.97 Å². The fraction of sp³-hybridized carbons (Fsp3) is 0.316. The zero-order valence-corrected chi connectivity index (χ0v) is 14.1. The molecular formula is C19H22O5. The monoisotopic (exact) mass is 330 g/mol. The van der Waals surface area contributed by atoms with Crippen molar-refractivity contribution < 1.29 is 24.1 Å². The number of carboxylic acid groups (broad SMARTS) is 1. The molecule has 0 radical (unpaired) electrons. The molecule has 0 aliphatic rings. The lowest BCUT2D eigenvalue weighted by Gasteiger charge is -2.16. The molecule has 0 heterocycles. The van der Waals surface area contributed by atoms with Crippen molar-refractivity contribution in [1.82, 2.24) is 0 Å². The minimum absolute atomic E-state index is 0.0666. The van der Waals surface area contributed by atoms with Crippen molar-refractivity contribution in [1.29, 1.82) is 0 Å². The standard InChI is InChI=1S/C19H22O5/c1-13(2)14-7-4-5-9-16(14)23-11-12-24-18-15(19(20)21)8-6-10-17(18)22-3/h4-10,13H,11-12H2,1-3H3,(H,20,21). The van der Waals surface area contributed by atoms with E-state index in [-0.39, 0.29) is 17.9 Å². The fourth-order valence-electron chi connectivity index (χ4n) is 2.38. The van der Waals surface area contributed by atoms with Crippen molar-refractivity contribution in [2.24, 2.45) is 0 Å². The predicted molar refractivity (Wildman–Crippen MR) is 91.5 cm³/mol. The highest BCUT2D eigenvalue weighted by Crippen LogP contribution is 2.31. The molecule has 0 aliphatic carbocycles. The van der Waals surface area contributed by atoms with Crippen LogP contribution in [-0.2, 0) is 0 Å². The van der Waals surface area contributed by atoms with Gasteiger partial charge < -0.3 is 19.3 Å². The zero-order chi connectivity index (χ0) is 17.5. The Morgan fingerprint density at radius 2 is 1.67 bits per heavy atom. The number of hydrogen-bond donors (Lipinski definition) is 1. The van der Waals surface area contributed by atoms with E-state index in [4.69, 9.17) is 14.2 Å². The molecule has 1 N–H and O–H groups in total. The second-order valence-corrected chi connectivity index (χ2v) is 5.53. The molecular weight excluding hydrogens is 308 g/mol. The van der Waals surface area contributed by atoms with Crippen LogP contribution in [-0.4, -0.2) is 31.4 Å². The van der Waals surface area contributed by atoms with Crippen LogP contribution in [0, 0.1) is 0 Å². The van der Waals surface area contributed by atoms with Crippen molar-refractivity contribution in [3.8, 4) is 17.2 Å². The molecule has 0 aliphatic heterocycles. The van der Waals surface area contributed by atoms with Crippen molar-refractivity contribution in [2.45, 2.75) is 19.8 Å². The highest BCUT2D eigenvalue weighted by atomic mass is 16.5. The van der Waals surface area contributed by atoms with E-state index in [1.807, 2.05) is 24.3 Å². The Bertz CT molecular complexity index is 694. The van der Waals surface area contributed by atoms with Crippen LogP contribution in [0.5, 0.6) is 17.2 Å². The van der Waals surface area contributed by atoms with E-state index in [0.29, 0.717) is 18.3 Å². The van der Waals surface area contributed by atoms with Gasteiger partial charge in [-0.25, -0.2) is 4.79 Å². The van der Waals surface area contributed by atoms with Crippen LogP contribution in [0.3, 0.4) is 0 Å². The highest BCUT2D eigenvalue weighted by molar-refractivity contribution is 5.92. The minimum atomic E-state index is -1.06. The van der Waals surface area contributed by atoms with Gasteiger partial charge in [-0.3, -0.25) is 0 Å². The summed E-state index contributed by atoms with van der Waals surface area (Å²) in [6.45, 7) is 4.73. The summed E-state index contributed by atoms with van der Waals surface area (Å²) in [5.74, 6) is 0.713. The van der Waals surface area contributed by atoms with Gasteiger partial charge in [0.1, 0.15) is 24.5 Å². The van der Waals surface area contributed by atoms with Crippen molar-refractivity contribution >= 4 is 5.97 Å². The van der Waals surface area contributed by atoms with Gasteiger partial charge in [-0.1, -0.05) is 38.1 Å². The highest BCUT2D eigenvalue weighted by Gasteiger charge is 2.16. The number of hydrogen-bond acceptors (Lipinski definition) is 4. The molecule has 0 spiro atoms. The topological polar surface area (TPSA) is 65.0 Å². The van der Waals surface area contributed by atoms with E-state index < -0.39 is 5.97 Å². The summed E-state index contributed by atoms with van der Waals surface area (Å²) in [6, 6.07) is 12.6. The Hall–Kier alpha value is -2.69. The molecule has 0 saturated heterocycles. The first kappa shape index (κ1) is 17.7. The van der Waals surface area contributed by atoms with E-state index in [0.717, 1.165) is 11.3 Å². The number of methoxy groups -OCH3 is 1. The molecule has 0 unspecified atom stereocenters. The Morgan fingerprint density at radius 1 is 1.00 bits per heavy atom. The Balaban J connectivity index is 2.02. The SMILES string of the molecule is COc1cccc(C(=O)O)c1OCCOc1ccccc1C(C)C. The number of carbonyl (C=O) groups is 1. The normalized spacial score (nSPS) is 10.5.